The number of allylic oxidation sites excluding steroid dienone is 1. The molecule has 9 nitrogen and oxygen atoms in total. The molecule has 0 amide bonds. The number of hydrogen-bond donors (Lipinski definition) is 1. The second-order valence-corrected chi connectivity index (χ2v) is 5.46. The Bertz CT molecular complexity index is 931. The van der Waals surface area contributed by atoms with Crippen molar-refractivity contribution in [3.63, 3.8) is 0 Å². The van der Waals surface area contributed by atoms with Gasteiger partial charge in [-0.2, -0.15) is 13.4 Å². The third-order valence-electron chi connectivity index (χ3n) is 2.86. The van der Waals surface area contributed by atoms with Crippen molar-refractivity contribution >= 4 is 21.3 Å². The first-order chi connectivity index (χ1) is 9.20. The molecule has 0 unspecified atom stereocenters. The minimum absolute atomic E-state index is 0.0200. The smallest absolute Gasteiger partial charge is 0.310 e. The molecule has 0 spiro atoms. The van der Waals surface area contributed by atoms with E-state index in [1.54, 1.807) is 0 Å². The molecule has 108 valence electrons. The Balaban J connectivity index is 3.09. The lowest BCUT2D eigenvalue weighted by Gasteiger charge is -2.05. The first-order valence-electron chi connectivity index (χ1n) is 5.44. The summed E-state index contributed by atoms with van der Waals surface area (Å²) in [5.41, 5.74) is -1.56. The largest absolute Gasteiger partial charge is 0.332 e. The normalized spacial score (nSPS) is 11.9. The highest BCUT2D eigenvalue weighted by Gasteiger charge is 2.24. The van der Waals surface area contributed by atoms with Crippen LogP contribution in [0.5, 0.6) is 0 Å². The van der Waals surface area contributed by atoms with Crippen LogP contribution in [0.15, 0.2) is 27.4 Å². The molecule has 20 heavy (non-hydrogen) atoms. The molecule has 2 heterocycles. The molecule has 0 atom stereocenters. The molecular weight excluding hydrogens is 288 g/mol. The van der Waals surface area contributed by atoms with E-state index in [9.17, 15) is 18.0 Å². The Labute approximate surface area is 113 Å². The topological polar surface area (TPSA) is 116 Å². The minimum Gasteiger partial charge on any atom is -0.310 e. The van der Waals surface area contributed by atoms with Crippen molar-refractivity contribution in [2.75, 3.05) is 0 Å². The lowest BCUT2D eigenvalue weighted by atomic mass is 10.5. The quantitative estimate of drug-likeness (QED) is 0.566. The lowest BCUT2D eigenvalue weighted by molar-refractivity contribution is 0.469. The molecule has 0 saturated carbocycles. The summed E-state index contributed by atoms with van der Waals surface area (Å²) in [5, 5.41) is -0.698. The number of imidazole rings is 1. The molecule has 0 bridgehead atoms. The van der Waals surface area contributed by atoms with Crippen molar-refractivity contribution < 1.29 is 13.0 Å². The van der Waals surface area contributed by atoms with Crippen molar-refractivity contribution in [1.29, 1.82) is 0 Å². The Hall–Kier alpha value is -2.20. The molecule has 10 heteroatoms. The number of nitrogens with zero attached hydrogens (tertiary/aromatic N) is 4. The molecule has 0 radical (unpaired) electrons. The third-order valence-corrected chi connectivity index (χ3v) is 3.69. The van der Waals surface area contributed by atoms with Gasteiger partial charge in [0.05, 0.1) is 0 Å². The Morgan fingerprint density at radius 3 is 2.40 bits per heavy atom. The zero-order chi connectivity index (χ0) is 15.2. The first kappa shape index (κ1) is 14.2. The molecule has 2 aromatic heterocycles. The van der Waals surface area contributed by atoms with Gasteiger partial charge in [0.15, 0.2) is 11.2 Å². The van der Waals surface area contributed by atoms with E-state index in [2.05, 4.69) is 11.6 Å². The zero-order valence-electron chi connectivity index (χ0n) is 10.8. The molecule has 0 aromatic carbocycles. The van der Waals surface area contributed by atoms with Crippen molar-refractivity contribution in [3.8, 4) is 0 Å². The van der Waals surface area contributed by atoms with Gasteiger partial charge in [0, 0.05) is 20.6 Å². The van der Waals surface area contributed by atoms with Gasteiger partial charge in [-0.1, -0.05) is 6.08 Å². The van der Waals surface area contributed by atoms with Crippen LogP contribution in [0.2, 0.25) is 0 Å². The summed E-state index contributed by atoms with van der Waals surface area (Å²) in [6.45, 7) is 3.43. The average molecular weight is 300 g/mol. The van der Waals surface area contributed by atoms with Gasteiger partial charge >= 0.3 is 15.8 Å². The minimum atomic E-state index is -4.60. The number of rotatable bonds is 3. The van der Waals surface area contributed by atoms with E-state index in [1.165, 1.54) is 20.2 Å². The van der Waals surface area contributed by atoms with Crippen LogP contribution in [-0.2, 0) is 30.8 Å². The summed E-state index contributed by atoms with van der Waals surface area (Å²) < 4.78 is 34.3. The highest BCUT2D eigenvalue weighted by molar-refractivity contribution is 7.85. The standard InChI is InChI=1S/C10H12N4O5S/c1-4-5-14-8(15)6-7(13(3)10(14)16)11-9(12(6)2)20(17,18)19/h4H,1,5H2,2-3H3,(H,17,18,19). The van der Waals surface area contributed by atoms with E-state index >= 15 is 0 Å². The summed E-state index contributed by atoms with van der Waals surface area (Å²) in [6, 6.07) is 0. The van der Waals surface area contributed by atoms with Gasteiger partial charge in [0.2, 0.25) is 0 Å². The highest BCUT2D eigenvalue weighted by Crippen LogP contribution is 2.13. The van der Waals surface area contributed by atoms with Crippen molar-refractivity contribution in [2.45, 2.75) is 11.7 Å². The Kier molecular flexibility index (Phi) is 3.14. The molecule has 0 aliphatic rings. The van der Waals surface area contributed by atoms with E-state index < -0.39 is 26.5 Å². The fraction of sp³-hybridized carbons (Fsp3) is 0.300. The van der Waals surface area contributed by atoms with Crippen LogP contribution < -0.4 is 11.2 Å². The van der Waals surface area contributed by atoms with Crippen LogP contribution >= 0.6 is 0 Å². The maximum atomic E-state index is 12.2. The number of aromatic nitrogens is 4. The maximum Gasteiger partial charge on any atom is 0.332 e. The lowest BCUT2D eigenvalue weighted by Crippen LogP contribution is -2.39. The fourth-order valence-electron chi connectivity index (χ4n) is 1.94. The van der Waals surface area contributed by atoms with Crippen LogP contribution in [0.1, 0.15) is 0 Å². The van der Waals surface area contributed by atoms with E-state index in [1.807, 2.05) is 0 Å². The van der Waals surface area contributed by atoms with Gasteiger partial charge in [-0.15, -0.1) is 6.58 Å². The summed E-state index contributed by atoms with van der Waals surface area (Å²) in [7, 11) is -1.98. The number of hydrogen-bond acceptors (Lipinski definition) is 5. The molecular formula is C10H12N4O5S. The van der Waals surface area contributed by atoms with Crippen LogP contribution in [0.25, 0.3) is 11.2 Å². The molecule has 0 aliphatic carbocycles. The second-order valence-electron chi connectivity index (χ2n) is 4.15. The molecule has 0 aliphatic heterocycles. The van der Waals surface area contributed by atoms with Crippen molar-refractivity contribution in [2.24, 2.45) is 14.1 Å². The van der Waals surface area contributed by atoms with E-state index in [0.717, 1.165) is 13.7 Å². The SMILES string of the molecule is C=CCn1c(=O)c2c(nc(S(=O)(=O)O)n2C)n(C)c1=O. The van der Waals surface area contributed by atoms with Gasteiger partial charge in [0.25, 0.3) is 10.7 Å². The summed E-state index contributed by atoms with van der Waals surface area (Å²) in [4.78, 5) is 27.9. The zero-order valence-corrected chi connectivity index (χ0v) is 11.6. The Morgan fingerprint density at radius 2 is 1.90 bits per heavy atom. The molecule has 2 rings (SSSR count). The summed E-state index contributed by atoms with van der Waals surface area (Å²) in [5.74, 6) is 0. The predicted molar refractivity (Wildman–Crippen MR) is 70.2 cm³/mol. The number of fused-ring (bicyclic) bond motifs is 1. The van der Waals surface area contributed by atoms with Gasteiger partial charge < -0.3 is 4.57 Å². The predicted octanol–water partition coefficient (Wildman–Crippen LogP) is -1.13. The van der Waals surface area contributed by atoms with Crippen LogP contribution in [-0.4, -0.2) is 31.7 Å². The van der Waals surface area contributed by atoms with Gasteiger partial charge in [-0.3, -0.25) is 18.5 Å². The van der Waals surface area contributed by atoms with E-state index in [-0.39, 0.29) is 17.7 Å². The molecule has 0 fully saturated rings. The average Bonchev–Trinajstić information content (AvgIpc) is 2.70. The van der Waals surface area contributed by atoms with Crippen LogP contribution in [0.3, 0.4) is 0 Å². The molecule has 2 aromatic rings. The van der Waals surface area contributed by atoms with Crippen molar-refractivity contribution in [3.05, 3.63) is 33.5 Å². The summed E-state index contributed by atoms with van der Waals surface area (Å²) in [6.07, 6.45) is 1.37. The van der Waals surface area contributed by atoms with Crippen LogP contribution in [0.4, 0.5) is 0 Å². The maximum absolute atomic E-state index is 12.2. The van der Waals surface area contributed by atoms with Gasteiger partial charge in [-0.05, 0) is 0 Å². The summed E-state index contributed by atoms with van der Waals surface area (Å²) >= 11 is 0. The first-order valence-corrected chi connectivity index (χ1v) is 6.88. The van der Waals surface area contributed by atoms with Gasteiger partial charge in [-0.25, -0.2) is 4.79 Å². The van der Waals surface area contributed by atoms with Gasteiger partial charge in [0.1, 0.15) is 0 Å². The fourth-order valence-corrected chi connectivity index (χ4v) is 2.58. The molecule has 1 N–H and O–H groups in total. The van der Waals surface area contributed by atoms with E-state index in [0.29, 0.717) is 0 Å². The second kappa shape index (κ2) is 4.42. The Morgan fingerprint density at radius 1 is 1.30 bits per heavy atom. The third kappa shape index (κ3) is 1.89. The molecule has 0 saturated heterocycles. The monoisotopic (exact) mass is 300 g/mol. The van der Waals surface area contributed by atoms with Crippen LogP contribution in [0, 0.1) is 0 Å². The number of aryl methyl sites for hydroxylation is 2. The van der Waals surface area contributed by atoms with E-state index in [4.69, 9.17) is 4.55 Å². The highest BCUT2D eigenvalue weighted by atomic mass is 32.2. The van der Waals surface area contributed by atoms with Crippen molar-refractivity contribution in [1.82, 2.24) is 18.7 Å².